The highest BCUT2D eigenvalue weighted by Crippen LogP contribution is 2.45. The van der Waals surface area contributed by atoms with Gasteiger partial charge in [0.15, 0.2) is 11.6 Å². The summed E-state index contributed by atoms with van der Waals surface area (Å²) in [5, 5.41) is 12.4. The van der Waals surface area contributed by atoms with E-state index in [2.05, 4.69) is 49.8 Å². The molecule has 336 valence electrons. The summed E-state index contributed by atoms with van der Waals surface area (Å²) in [5.41, 5.74) is 14.0. The summed E-state index contributed by atoms with van der Waals surface area (Å²) >= 11 is 0. The molecule has 1 saturated carbocycles. The van der Waals surface area contributed by atoms with Gasteiger partial charge in [-0.15, -0.1) is 10.2 Å². The smallest absolute Gasteiger partial charge is 0.283 e. The normalized spacial score (nSPS) is 18.6. The van der Waals surface area contributed by atoms with Crippen LogP contribution in [0, 0.1) is 13.8 Å². The quantitative estimate of drug-likeness (QED) is 0.135. The summed E-state index contributed by atoms with van der Waals surface area (Å²) in [4.78, 5) is 8.78. The summed E-state index contributed by atoms with van der Waals surface area (Å²) in [7, 11) is -7.80. The molecule has 3 N–H and O–H groups in total. The predicted octanol–water partition coefficient (Wildman–Crippen LogP) is 8.91. The third-order valence-electron chi connectivity index (χ3n) is 12.9. The maximum atomic E-state index is 13.9. The first-order chi connectivity index (χ1) is 32.4. The average molecular weight is 925 g/mol. The molecule has 3 aliphatic carbocycles. The van der Waals surface area contributed by atoms with Crippen molar-refractivity contribution < 1.29 is 16.8 Å². The van der Waals surface area contributed by atoms with Crippen LogP contribution in [0.5, 0.6) is 0 Å². The molecule has 0 amide bonds. The van der Waals surface area contributed by atoms with Gasteiger partial charge in [-0.1, -0.05) is 120 Å². The number of benzene rings is 4. The SMILES string of the molecule is Cc1ccc(S(=O)(=O)n2nc(N)c3c2CC(c2ccccc2)(c2ccncc2)C=C3)cc1.Cc1ccc(S(=O)(=O)n2nc(NC3CC3)c3c2CC(c2ccccc2)(c2ccncc2)C=C3)cc1. The molecule has 0 bridgehead atoms. The van der Waals surface area contributed by atoms with Crippen molar-refractivity contribution in [2.24, 2.45) is 0 Å². The van der Waals surface area contributed by atoms with E-state index in [0.717, 1.165) is 55.9 Å². The van der Waals surface area contributed by atoms with E-state index < -0.39 is 30.9 Å². The number of hydrogen-bond donors (Lipinski definition) is 2. The van der Waals surface area contributed by atoms with Crippen molar-refractivity contribution >= 4 is 43.8 Å². The Bertz CT molecular complexity index is 3290. The van der Waals surface area contributed by atoms with Crippen LogP contribution in [0.15, 0.2) is 180 Å². The third kappa shape index (κ3) is 7.95. The van der Waals surface area contributed by atoms with Gasteiger partial charge in [0.25, 0.3) is 20.0 Å². The first-order valence-electron chi connectivity index (χ1n) is 22.1. The minimum Gasteiger partial charge on any atom is -0.382 e. The van der Waals surface area contributed by atoms with Gasteiger partial charge in [-0.05, 0) is 97.5 Å². The molecule has 3 aliphatic rings. The maximum absolute atomic E-state index is 13.9. The summed E-state index contributed by atoms with van der Waals surface area (Å²) in [6.07, 6.45) is 18.2. The Morgan fingerprint density at radius 1 is 0.537 bits per heavy atom. The molecule has 0 radical (unpaired) electrons. The maximum Gasteiger partial charge on any atom is 0.283 e. The minimum absolute atomic E-state index is 0.178. The van der Waals surface area contributed by atoms with Gasteiger partial charge in [-0.25, -0.2) is 0 Å². The third-order valence-corrected chi connectivity index (χ3v) is 16.2. The highest BCUT2D eigenvalue weighted by atomic mass is 32.2. The summed E-state index contributed by atoms with van der Waals surface area (Å²) in [5.74, 6) is 0.828. The zero-order chi connectivity index (χ0) is 46.4. The molecule has 8 aromatic rings. The highest BCUT2D eigenvalue weighted by molar-refractivity contribution is 7.90. The van der Waals surface area contributed by atoms with Gasteiger partial charge in [0.1, 0.15) is 0 Å². The summed E-state index contributed by atoms with van der Waals surface area (Å²) in [6, 6.07) is 42.2. The predicted molar refractivity (Wildman–Crippen MR) is 261 cm³/mol. The van der Waals surface area contributed by atoms with Gasteiger partial charge in [0.2, 0.25) is 0 Å². The van der Waals surface area contributed by atoms with Gasteiger partial charge in [0, 0.05) is 65.6 Å². The molecule has 67 heavy (non-hydrogen) atoms. The first-order valence-corrected chi connectivity index (χ1v) is 25.0. The van der Waals surface area contributed by atoms with E-state index in [1.165, 1.54) is 4.09 Å². The molecule has 2 unspecified atom stereocenters. The van der Waals surface area contributed by atoms with E-state index in [1.807, 2.05) is 111 Å². The Morgan fingerprint density at radius 3 is 1.39 bits per heavy atom. The number of pyridine rings is 2. The summed E-state index contributed by atoms with van der Waals surface area (Å²) < 4.78 is 57.1. The fourth-order valence-corrected chi connectivity index (χ4v) is 11.8. The van der Waals surface area contributed by atoms with Crippen molar-refractivity contribution in [2.45, 2.75) is 66.2 Å². The number of nitrogens with two attached hydrogens (primary N) is 1. The van der Waals surface area contributed by atoms with Crippen LogP contribution >= 0.6 is 0 Å². The van der Waals surface area contributed by atoms with E-state index in [4.69, 9.17) is 5.73 Å². The van der Waals surface area contributed by atoms with Crippen LogP contribution in [0.1, 0.15) is 68.7 Å². The first kappa shape index (κ1) is 43.5. The van der Waals surface area contributed by atoms with E-state index >= 15 is 0 Å². The van der Waals surface area contributed by atoms with Crippen molar-refractivity contribution in [1.29, 1.82) is 0 Å². The van der Waals surface area contributed by atoms with Crippen LogP contribution < -0.4 is 11.1 Å². The zero-order valence-electron chi connectivity index (χ0n) is 36.9. The lowest BCUT2D eigenvalue weighted by atomic mass is 9.69. The molecule has 0 aliphatic heterocycles. The van der Waals surface area contributed by atoms with Gasteiger partial charge in [-0.2, -0.15) is 25.0 Å². The fraction of sp³-hybridized carbons (Fsp3) is 0.170. The molecule has 1 fully saturated rings. The molecule has 12 nitrogen and oxygen atoms in total. The number of hydrogen-bond acceptors (Lipinski definition) is 10. The Kier molecular flexibility index (Phi) is 11.1. The largest absolute Gasteiger partial charge is 0.382 e. The number of aryl methyl sites for hydroxylation is 2. The molecule has 11 rings (SSSR count). The van der Waals surface area contributed by atoms with Crippen molar-refractivity contribution in [2.75, 3.05) is 11.1 Å². The average Bonchev–Trinajstić information content (AvgIpc) is 4.03. The lowest BCUT2D eigenvalue weighted by molar-refractivity contribution is 0.563. The van der Waals surface area contributed by atoms with Crippen molar-refractivity contribution in [3.05, 3.63) is 226 Å². The Labute approximate surface area is 390 Å². The van der Waals surface area contributed by atoms with E-state index in [0.29, 0.717) is 41.7 Å². The molecule has 14 heteroatoms. The van der Waals surface area contributed by atoms with Gasteiger partial charge in [0.05, 0.1) is 21.2 Å². The van der Waals surface area contributed by atoms with Crippen LogP contribution in [0.3, 0.4) is 0 Å². The van der Waals surface area contributed by atoms with Crippen LogP contribution in [0.4, 0.5) is 11.6 Å². The summed E-state index contributed by atoms with van der Waals surface area (Å²) in [6.45, 7) is 3.86. The van der Waals surface area contributed by atoms with Gasteiger partial charge in [-0.3, -0.25) is 9.97 Å². The second kappa shape index (κ2) is 17.1. The number of aromatic nitrogens is 6. The number of fused-ring (bicyclic) bond motifs is 2. The van der Waals surface area contributed by atoms with E-state index in [-0.39, 0.29) is 15.6 Å². The van der Waals surface area contributed by atoms with Gasteiger partial charge < -0.3 is 11.1 Å². The molecular weight excluding hydrogens is 877 g/mol. The van der Waals surface area contributed by atoms with Crippen LogP contribution in [0.2, 0.25) is 0 Å². The number of nitrogens with zero attached hydrogens (tertiary/aromatic N) is 6. The van der Waals surface area contributed by atoms with Crippen molar-refractivity contribution in [3.8, 4) is 0 Å². The highest BCUT2D eigenvalue weighted by Gasteiger charge is 2.42. The molecule has 4 aromatic heterocycles. The fourth-order valence-electron chi connectivity index (χ4n) is 9.13. The molecule has 2 atom stereocenters. The topological polar surface area (TPSA) is 168 Å². The van der Waals surface area contributed by atoms with Crippen LogP contribution in [0.25, 0.3) is 12.2 Å². The van der Waals surface area contributed by atoms with E-state index in [9.17, 15) is 16.8 Å². The number of nitrogen functional groups attached to an aromatic ring is 1. The van der Waals surface area contributed by atoms with Crippen molar-refractivity contribution in [1.82, 2.24) is 28.3 Å². The lowest BCUT2D eigenvalue weighted by Gasteiger charge is -2.34. The van der Waals surface area contributed by atoms with Gasteiger partial charge >= 0.3 is 0 Å². The molecule has 4 aromatic carbocycles. The zero-order valence-corrected chi connectivity index (χ0v) is 38.6. The Hall–Kier alpha value is -7.42. The van der Waals surface area contributed by atoms with Crippen LogP contribution in [-0.4, -0.2) is 51.2 Å². The van der Waals surface area contributed by atoms with E-state index in [1.54, 1.807) is 61.2 Å². The second-order valence-electron chi connectivity index (χ2n) is 17.4. The Balaban J connectivity index is 0.000000157. The standard InChI is InChI=1S/C28H26N4O2S.C25H22N4O2S/c1-20-7-11-24(12-8-20)35(33,34)32-26-19-28(21-5-3-2-4-6-21,22-14-17-29-18-15-22)16-13-25(26)27(31-32)30-23-9-10-23;1-18-7-9-21(10-8-18)32(30,31)29-23-17-25(19-5-3-2-4-6-19,20-12-15-27-16-13-20)14-11-22(23)24(26)28-29/h2-8,11-18,23H,9-10,19H2,1H3,(H,30,31);2-16H,17H2,1H3,(H2,26,28). The number of rotatable bonds is 10. The molecular formula is C53H48N8O4S2. The number of anilines is 2. The minimum atomic E-state index is -3.91. The molecule has 0 spiro atoms. The molecule has 4 heterocycles. The lowest BCUT2D eigenvalue weighted by Crippen LogP contribution is -2.32. The number of nitrogens with one attached hydrogen (secondary N) is 1. The van der Waals surface area contributed by atoms with Crippen molar-refractivity contribution in [3.63, 3.8) is 0 Å². The Morgan fingerprint density at radius 2 is 0.940 bits per heavy atom. The number of allylic oxidation sites excluding steroid dienone is 2. The van der Waals surface area contributed by atoms with Crippen LogP contribution in [-0.2, 0) is 43.7 Å². The molecule has 0 saturated heterocycles. The monoisotopic (exact) mass is 924 g/mol. The second-order valence-corrected chi connectivity index (χ2v) is 20.9.